The van der Waals surface area contributed by atoms with Gasteiger partial charge in [0.15, 0.2) is 0 Å². The number of hydrogen-bond donors (Lipinski definition) is 2. The van der Waals surface area contributed by atoms with E-state index in [0.29, 0.717) is 19.7 Å². The Bertz CT molecular complexity index is 1190. The van der Waals surface area contributed by atoms with E-state index in [1.54, 1.807) is 6.20 Å². The number of carboxylic acid groups (broad SMARTS) is 1. The molecule has 7 heteroatoms. The van der Waals surface area contributed by atoms with E-state index in [1.807, 2.05) is 36.1 Å². The lowest BCUT2D eigenvalue weighted by atomic mass is 9.95. The van der Waals surface area contributed by atoms with Crippen LogP contribution >= 0.6 is 0 Å². The molecule has 2 N–H and O–H groups in total. The number of nitrogens with one attached hydrogen (secondary N) is 1. The van der Waals surface area contributed by atoms with E-state index in [1.165, 1.54) is 12.0 Å². The highest BCUT2D eigenvalue weighted by atomic mass is 16.5. The third-order valence-electron chi connectivity index (χ3n) is 7.19. The SMILES string of the molecule is Cc1nccc2c(C(C(=O)O)N3CC(OCCCCCc4ccc5c(n4)NCCC5)C3)cccc12. The van der Waals surface area contributed by atoms with Crippen molar-refractivity contribution in [2.45, 2.75) is 57.6 Å². The topological polar surface area (TPSA) is 87.6 Å². The lowest BCUT2D eigenvalue weighted by molar-refractivity contribution is -0.150. The summed E-state index contributed by atoms with van der Waals surface area (Å²) < 4.78 is 6.04. The Kier molecular flexibility index (Phi) is 7.25. The van der Waals surface area contributed by atoms with Crippen LogP contribution in [0.2, 0.25) is 0 Å². The summed E-state index contributed by atoms with van der Waals surface area (Å²) >= 11 is 0. The molecule has 1 saturated heterocycles. The maximum Gasteiger partial charge on any atom is 0.325 e. The average molecular weight is 475 g/mol. The van der Waals surface area contributed by atoms with Gasteiger partial charge in [-0.25, -0.2) is 4.98 Å². The second-order valence-corrected chi connectivity index (χ2v) is 9.68. The van der Waals surface area contributed by atoms with Gasteiger partial charge in [0.2, 0.25) is 0 Å². The summed E-state index contributed by atoms with van der Waals surface area (Å²) in [4.78, 5) is 23.3. The van der Waals surface area contributed by atoms with Crippen molar-refractivity contribution in [2.75, 3.05) is 31.6 Å². The number of pyridine rings is 2. The Hall–Kier alpha value is -3.03. The van der Waals surface area contributed by atoms with Crippen LogP contribution < -0.4 is 5.32 Å². The first-order valence-electron chi connectivity index (χ1n) is 12.8. The van der Waals surface area contributed by atoms with E-state index in [9.17, 15) is 9.90 Å². The fourth-order valence-corrected chi connectivity index (χ4v) is 5.23. The van der Waals surface area contributed by atoms with Crippen molar-refractivity contribution in [3.05, 3.63) is 65.1 Å². The molecule has 5 rings (SSSR count). The van der Waals surface area contributed by atoms with Gasteiger partial charge >= 0.3 is 5.97 Å². The number of likely N-dealkylation sites (tertiary alicyclic amines) is 1. The number of rotatable bonds is 10. The first-order valence-corrected chi connectivity index (χ1v) is 12.8. The Morgan fingerprint density at radius 2 is 2.06 bits per heavy atom. The highest BCUT2D eigenvalue weighted by Gasteiger charge is 2.38. The third-order valence-corrected chi connectivity index (χ3v) is 7.19. The Labute approximate surface area is 206 Å². The number of hydrogen-bond acceptors (Lipinski definition) is 6. The molecule has 2 aliphatic heterocycles. The van der Waals surface area contributed by atoms with Crippen LogP contribution in [0.25, 0.3) is 10.8 Å². The minimum absolute atomic E-state index is 0.101. The number of aryl methyl sites for hydroxylation is 3. The van der Waals surface area contributed by atoms with E-state index in [2.05, 4.69) is 22.4 Å². The van der Waals surface area contributed by atoms with Crippen molar-refractivity contribution in [2.24, 2.45) is 0 Å². The number of ether oxygens (including phenoxy) is 1. The molecule has 0 bridgehead atoms. The molecule has 0 radical (unpaired) electrons. The number of nitrogens with zero attached hydrogens (tertiary/aromatic N) is 3. The van der Waals surface area contributed by atoms with Crippen LogP contribution in [0.15, 0.2) is 42.6 Å². The van der Waals surface area contributed by atoms with Crippen LogP contribution in [-0.4, -0.2) is 58.3 Å². The molecule has 2 aromatic heterocycles. The van der Waals surface area contributed by atoms with E-state index in [0.717, 1.165) is 72.2 Å². The van der Waals surface area contributed by atoms with Gasteiger partial charge in [-0.1, -0.05) is 30.7 Å². The van der Waals surface area contributed by atoms with Crippen molar-refractivity contribution in [3.63, 3.8) is 0 Å². The molecule has 1 fully saturated rings. The first-order chi connectivity index (χ1) is 17.1. The smallest absolute Gasteiger partial charge is 0.325 e. The molecular formula is C28H34N4O3. The van der Waals surface area contributed by atoms with Gasteiger partial charge in [0.1, 0.15) is 11.9 Å². The molecule has 1 unspecified atom stereocenters. The second kappa shape index (κ2) is 10.7. The summed E-state index contributed by atoms with van der Waals surface area (Å²) in [6, 6.07) is 11.5. The number of unbranched alkanes of at least 4 members (excludes halogenated alkanes) is 2. The molecule has 3 aromatic rings. The van der Waals surface area contributed by atoms with Gasteiger partial charge < -0.3 is 15.2 Å². The average Bonchev–Trinajstić information content (AvgIpc) is 2.84. The molecular weight excluding hydrogens is 440 g/mol. The number of carboxylic acids is 1. The van der Waals surface area contributed by atoms with E-state index in [-0.39, 0.29) is 6.10 Å². The second-order valence-electron chi connectivity index (χ2n) is 9.68. The quantitative estimate of drug-likeness (QED) is 0.417. The molecule has 2 aliphatic rings. The molecule has 1 aromatic carbocycles. The minimum Gasteiger partial charge on any atom is -0.480 e. The lowest BCUT2D eigenvalue weighted by Gasteiger charge is -2.42. The van der Waals surface area contributed by atoms with Gasteiger partial charge in [-0.2, -0.15) is 0 Å². The van der Waals surface area contributed by atoms with Gasteiger partial charge in [0, 0.05) is 49.2 Å². The van der Waals surface area contributed by atoms with Crippen molar-refractivity contribution in [1.82, 2.24) is 14.9 Å². The van der Waals surface area contributed by atoms with E-state index in [4.69, 9.17) is 9.72 Å². The Morgan fingerprint density at radius 1 is 1.17 bits per heavy atom. The fourth-order valence-electron chi connectivity index (χ4n) is 5.23. The number of fused-ring (bicyclic) bond motifs is 2. The highest BCUT2D eigenvalue weighted by molar-refractivity contribution is 5.91. The maximum absolute atomic E-state index is 12.2. The van der Waals surface area contributed by atoms with Gasteiger partial charge in [-0.05, 0) is 67.7 Å². The van der Waals surface area contributed by atoms with Gasteiger partial charge in [0.25, 0.3) is 0 Å². The molecule has 1 atom stereocenters. The summed E-state index contributed by atoms with van der Waals surface area (Å²) in [6.45, 7) is 4.98. The van der Waals surface area contributed by atoms with Gasteiger partial charge in [-0.3, -0.25) is 14.7 Å². The molecule has 0 spiro atoms. The number of benzene rings is 1. The summed E-state index contributed by atoms with van der Waals surface area (Å²) in [5, 5.41) is 15.4. The standard InChI is InChI=1S/C28H34N4O3/c1-19-23-9-5-10-25(24(23)13-15-29-19)26(28(33)34)32-17-22(18-32)35-16-4-2-3-8-21-12-11-20-7-6-14-30-27(20)31-21/h5,9-13,15,22,26H,2-4,6-8,14,16-18H2,1H3,(H,30,31)(H,33,34). The zero-order valence-electron chi connectivity index (χ0n) is 20.4. The fraction of sp³-hybridized carbons (Fsp3) is 0.464. The zero-order valence-corrected chi connectivity index (χ0v) is 20.4. The first kappa shape index (κ1) is 23.7. The normalized spacial score (nSPS) is 16.9. The molecule has 4 heterocycles. The van der Waals surface area contributed by atoms with Crippen molar-refractivity contribution in [1.29, 1.82) is 0 Å². The van der Waals surface area contributed by atoms with Crippen LogP contribution in [0.3, 0.4) is 0 Å². The van der Waals surface area contributed by atoms with Crippen molar-refractivity contribution < 1.29 is 14.6 Å². The van der Waals surface area contributed by atoms with Gasteiger partial charge in [0.05, 0.1) is 6.10 Å². The predicted octanol–water partition coefficient (Wildman–Crippen LogP) is 4.54. The monoisotopic (exact) mass is 474 g/mol. The summed E-state index contributed by atoms with van der Waals surface area (Å²) in [5.41, 5.74) is 4.23. The number of aliphatic carboxylic acids is 1. The van der Waals surface area contributed by atoms with Crippen LogP contribution in [-0.2, 0) is 22.4 Å². The van der Waals surface area contributed by atoms with E-state index < -0.39 is 12.0 Å². The Balaban J connectivity index is 1.06. The molecule has 0 amide bonds. The zero-order chi connectivity index (χ0) is 24.2. The summed E-state index contributed by atoms with van der Waals surface area (Å²) in [6.07, 6.45) is 8.36. The number of aromatic nitrogens is 2. The lowest BCUT2D eigenvalue weighted by Crippen LogP contribution is -2.55. The largest absolute Gasteiger partial charge is 0.480 e. The molecule has 0 aliphatic carbocycles. The maximum atomic E-state index is 12.2. The van der Waals surface area contributed by atoms with Crippen molar-refractivity contribution in [3.8, 4) is 0 Å². The molecule has 0 saturated carbocycles. The number of anilines is 1. The van der Waals surface area contributed by atoms with Crippen LogP contribution in [0, 0.1) is 6.92 Å². The van der Waals surface area contributed by atoms with Crippen LogP contribution in [0.5, 0.6) is 0 Å². The van der Waals surface area contributed by atoms with Crippen LogP contribution in [0.1, 0.15) is 54.2 Å². The van der Waals surface area contributed by atoms with Crippen molar-refractivity contribution >= 4 is 22.6 Å². The predicted molar refractivity (Wildman–Crippen MR) is 137 cm³/mol. The molecule has 184 valence electrons. The molecule has 7 nitrogen and oxygen atoms in total. The minimum atomic E-state index is -0.823. The molecule has 35 heavy (non-hydrogen) atoms. The van der Waals surface area contributed by atoms with Gasteiger partial charge in [-0.15, -0.1) is 0 Å². The highest BCUT2D eigenvalue weighted by Crippen LogP contribution is 2.33. The summed E-state index contributed by atoms with van der Waals surface area (Å²) in [5.74, 6) is 0.248. The van der Waals surface area contributed by atoms with Crippen LogP contribution in [0.4, 0.5) is 5.82 Å². The Morgan fingerprint density at radius 3 is 2.91 bits per heavy atom. The summed E-state index contributed by atoms with van der Waals surface area (Å²) in [7, 11) is 0. The number of carbonyl (C=O) groups is 1. The third kappa shape index (κ3) is 5.31. The van der Waals surface area contributed by atoms with E-state index >= 15 is 0 Å².